The third-order valence-corrected chi connectivity index (χ3v) is 4.98. The molecular weight excluding hydrogens is 342 g/mol. The molecule has 0 spiro atoms. The van der Waals surface area contributed by atoms with Gasteiger partial charge in [0.15, 0.2) is 0 Å². The fourth-order valence-electron chi connectivity index (χ4n) is 4.27. The monoisotopic (exact) mass is 371 g/mol. The molecule has 146 valence electrons. The van der Waals surface area contributed by atoms with Crippen molar-refractivity contribution in [3.8, 4) is 17.0 Å². The molecule has 6 nitrogen and oxygen atoms in total. The average molecular weight is 371 g/mol. The number of hydrogen-bond donors (Lipinski definition) is 2. The second-order valence-electron chi connectivity index (χ2n) is 8.66. The Bertz CT molecular complexity index is 806. The smallest absolute Gasteiger partial charge is 0.257 e. The highest BCUT2D eigenvalue weighted by Crippen LogP contribution is 2.30. The molecular formula is C21H29N3O3. The summed E-state index contributed by atoms with van der Waals surface area (Å²) in [5, 5.41) is 11.0. The minimum Gasteiger partial charge on any atom is -0.497 e. The second kappa shape index (κ2) is 7.00. The lowest BCUT2D eigenvalue weighted by molar-refractivity contribution is 0.0872. The van der Waals surface area contributed by atoms with E-state index in [0.717, 1.165) is 24.2 Å². The van der Waals surface area contributed by atoms with Crippen LogP contribution in [0.4, 0.5) is 0 Å². The van der Waals surface area contributed by atoms with Crippen molar-refractivity contribution in [2.45, 2.75) is 64.6 Å². The Morgan fingerprint density at radius 1 is 1.19 bits per heavy atom. The van der Waals surface area contributed by atoms with E-state index in [2.05, 4.69) is 43.5 Å². The maximum absolute atomic E-state index is 13.1. The summed E-state index contributed by atoms with van der Waals surface area (Å²) in [7, 11) is 1.62. The molecule has 2 heterocycles. The topological polar surface area (TPSA) is 76.4 Å². The Balaban J connectivity index is 1.84. The van der Waals surface area contributed by atoms with Gasteiger partial charge in [0.1, 0.15) is 22.8 Å². The average Bonchev–Trinajstić information content (AvgIpc) is 2.93. The van der Waals surface area contributed by atoms with Crippen LogP contribution in [-0.2, 0) is 0 Å². The number of piperidine rings is 1. The fourth-order valence-corrected chi connectivity index (χ4v) is 4.27. The Morgan fingerprint density at radius 2 is 1.78 bits per heavy atom. The highest BCUT2D eigenvalue weighted by atomic mass is 16.5. The number of carbonyl (C=O) groups is 1. The van der Waals surface area contributed by atoms with Gasteiger partial charge in [-0.15, -0.1) is 0 Å². The lowest BCUT2D eigenvalue weighted by atomic mass is 9.79. The second-order valence-corrected chi connectivity index (χ2v) is 8.66. The Labute approximate surface area is 160 Å². The molecule has 1 aromatic heterocycles. The molecule has 0 radical (unpaired) electrons. The van der Waals surface area contributed by atoms with Crippen molar-refractivity contribution >= 4 is 5.91 Å². The highest BCUT2D eigenvalue weighted by Gasteiger charge is 2.38. The molecule has 6 heteroatoms. The van der Waals surface area contributed by atoms with Crippen LogP contribution in [0.1, 0.15) is 56.7 Å². The number of benzene rings is 1. The van der Waals surface area contributed by atoms with Gasteiger partial charge in [-0.1, -0.05) is 5.16 Å². The molecule has 1 saturated heterocycles. The van der Waals surface area contributed by atoms with Gasteiger partial charge in [0, 0.05) is 22.7 Å². The largest absolute Gasteiger partial charge is 0.497 e. The number of amides is 1. The van der Waals surface area contributed by atoms with Crippen molar-refractivity contribution in [3.05, 3.63) is 35.6 Å². The van der Waals surface area contributed by atoms with Crippen molar-refractivity contribution in [1.29, 1.82) is 0 Å². The summed E-state index contributed by atoms with van der Waals surface area (Å²) >= 11 is 0. The van der Waals surface area contributed by atoms with Crippen molar-refractivity contribution in [2.75, 3.05) is 7.11 Å². The van der Waals surface area contributed by atoms with Gasteiger partial charge in [0.25, 0.3) is 5.91 Å². The van der Waals surface area contributed by atoms with Gasteiger partial charge >= 0.3 is 0 Å². The quantitative estimate of drug-likeness (QED) is 0.857. The van der Waals surface area contributed by atoms with E-state index >= 15 is 0 Å². The molecule has 0 unspecified atom stereocenters. The van der Waals surface area contributed by atoms with Gasteiger partial charge in [-0.3, -0.25) is 4.79 Å². The number of methoxy groups -OCH3 is 1. The van der Waals surface area contributed by atoms with Crippen molar-refractivity contribution in [1.82, 2.24) is 15.8 Å². The van der Waals surface area contributed by atoms with E-state index in [9.17, 15) is 4.79 Å². The van der Waals surface area contributed by atoms with Crippen LogP contribution in [0.15, 0.2) is 28.8 Å². The summed E-state index contributed by atoms with van der Waals surface area (Å²) in [6, 6.07) is 7.53. The Hall–Kier alpha value is -2.34. The number of rotatable bonds is 4. The van der Waals surface area contributed by atoms with Gasteiger partial charge in [0.2, 0.25) is 0 Å². The molecule has 0 atom stereocenters. The fraction of sp³-hybridized carbons (Fsp3) is 0.524. The lowest BCUT2D eigenvalue weighted by Crippen LogP contribution is -2.62. The maximum Gasteiger partial charge on any atom is 0.257 e. The van der Waals surface area contributed by atoms with Crippen LogP contribution >= 0.6 is 0 Å². The van der Waals surface area contributed by atoms with Gasteiger partial charge in [0.05, 0.1) is 7.11 Å². The predicted molar refractivity (Wildman–Crippen MR) is 105 cm³/mol. The SMILES string of the molecule is COc1ccc(-c2noc(C)c2C(=O)NC2CC(C)(C)NC(C)(C)C2)cc1. The van der Waals surface area contributed by atoms with Crippen LogP contribution in [0.2, 0.25) is 0 Å². The van der Waals surface area contributed by atoms with Gasteiger partial charge in [-0.05, 0) is 71.7 Å². The summed E-state index contributed by atoms with van der Waals surface area (Å²) < 4.78 is 10.5. The van der Waals surface area contributed by atoms with E-state index in [0.29, 0.717) is 17.0 Å². The summed E-state index contributed by atoms with van der Waals surface area (Å²) in [6.07, 6.45) is 1.73. The van der Waals surface area contributed by atoms with Crippen LogP contribution in [0.25, 0.3) is 11.3 Å². The van der Waals surface area contributed by atoms with Crippen LogP contribution in [0.3, 0.4) is 0 Å². The molecule has 1 aromatic carbocycles. The molecule has 27 heavy (non-hydrogen) atoms. The van der Waals surface area contributed by atoms with E-state index in [1.165, 1.54) is 0 Å². The zero-order valence-corrected chi connectivity index (χ0v) is 17.0. The van der Waals surface area contributed by atoms with E-state index in [1.54, 1.807) is 14.0 Å². The maximum atomic E-state index is 13.1. The first-order valence-corrected chi connectivity index (χ1v) is 9.31. The number of ether oxygens (including phenoxy) is 1. The van der Waals surface area contributed by atoms with Crippen LogP contribution < -0.4 is 15.4 Å². The normalized spacial score (nSPS) is 18.9. The third-order valence-electron chi connectivity index (χ3n) is 4.98. The minimum absolute atomic E-state index is 0.0395. The Morgan fingerprint density at radius 3 is 2.33 bits per heavy atom. The lowest BCUT2D eigenvalue weighted by Gasteiger charge is -2.46. The molecule has 2 N–H and O–H groups in total. The molecule has 0 saturated carbocycles. The van der Waals surface area contributed by atoms with Gasteiger partial charge in [-0.25, -0.2) is 0 Å². The third kappa shape index (κ3) is 4.33. The molecule has 3 rings (SSSR count). The van der Waals surface area contributed by atoms with Crippen LogP contribution in [0, 0.1) is 6.92 Å². The molecule has 1 amide bonds. The summed E-state index contributed by atoms with van der Waals surface area (Å²) in [4.78, 5) is 13.1. The minimum atomic E-state index is -0.141. The van der Waals surface area contributed by atoms with Crippen LogP contribution in [-0.4, -0.2) is 35.3 Å². The molecule has 1 aliphatic heterocycles. The number of hydrogen-bond acceptors (Lipinski definition) is 5. The molecule has 0 bridgehead atoms. The zero-order chi connectivity index (χ0) is 19.8. The van der Waals surface area contributed by atoms with Crippen molar-refractivity contribution < 1.29 is 14.1 Å². The van der Waals surface area contributed by atoms with E-state index in [1.807, 2.05) is 24.3 Å². The van der Waals surface area contributed by atoms with Crippen LogP contribution in [0.5, 0.6) is 5.75 Å². The standard InChI is InChI=1S/C21H29N3O3/c1-13-17(18(23-27-13)14-7-9-16(26-6)10-8-14)19(25)22-15-11-20(2,3)24-21(4,5)12-15/h7-10,15,24H,11-12H2,1-6H3,(H,22,25). The number of aromatic nitrogens is 1. The van der Waals surface area contributed by atoms with E-state index in [-0.39, 0.29) is 23.0 Å². The number of nitrogens with zero attached hydrogens (tertiary/aromatic N) is 1. The Kier molecular flexibility index (Phi) is 5.04. The van der Waals surface area contributed by atoms with Crippen molar-refractivity contribution in [2.24, 2.45) is 0 Å². The first-order valence-electron chi connectivity index (χ1n) is 9.31. The first kappa shape index (κ1) is 19.4. The first-order chi connectivity index (χ1) is 12.6. The molecule has 0 aliphatic carbocycles. The summed E-state index contributed by atoms with van der Waals surface area (Å²) in [5.41, 5.74) is 1.79. The molecule has 2 aromatic rings. The number of carbonyl (C=O) groups excluding carboxylic acids is 1. The summed E-state index contributed by atoms with van der Waals surface area (Å²) in [6.45, 7) is 10.4. The number of nitrogens with one attached hydrogen (secondary N) is 2. The van der Waals surface area contributed by atoms with E-state index in [4.69, 9.17) is 9.26 Å². The summed E-state index contributed by atoms with van der Waals surface area (Å²) in [5.74, 6) is 1.13. The number of aryl methyl sites for hydroxylation is 1. The van der Waals surface area contributed by atoms with E-state index < -0.39 is 0 Å². The zero-order valence-electron chi connectivity index (χ0n) is 17.0. The molecule has 1 aliphatic rings. The van der Waals surface area contributed by atoms with Gasteiger partial charge < -0.3 is 19.9 Å². The van der Waals surface area contributed by atoms with Gasteiger partial charge in [-0.2, -0.15) is 0 Å². The highest BCUT2D eigenvalue weighted by molar-refractivity contribution is 6.01. The predicted octanol–water partition coefficient (Wildman–Crippen LogP) is 3.70. The van der Waals surface area contributed by atoms with Crippen molar-refractivity contribution in [3.63, 3.8) is 0 Å². The molecule has 1 fully saturated rings.